The minimum absolute atomic E-state index is 0.0558. The lowest BCUT2D eigenvalue weighted by molar-refractivity contribution is -0.137. The van der Waals surface area contributed by atoms with Gasteiger partial charge in [-0.05, 0) is 102 Å². The minimum atomic E-state index is -3.54. The van der Waals surface area contributed by atoms with E-state index in [0.29, 0.717) is 23.2 Å². The highest BCUT2D eigenvalue weighted by Gasteiger charge is 2.57. The summed E-state index contributed by atoms with van der Waals surface area (Å²) in [5.74, 6) is 0.574. The van der Waals surface area contributed by atoms with E-state index in [9.17, 15) is 13.2 Å². The highest BCUT2D eigenvalue weighted by Crippen LogP contribution is 2.62. The Morgan fingerprint density at radius 3 is 2.55 bits per heavy atom. The molecular formula is C22H30INO4S. The second-order valence-corrected chi connectivity index (χ2v) is 11.9. The average molecular weight is 531 g/mol. The number of unbranched alkanes of at least 4 members (excludes halogenated alkanes) is 1. The molecule has 0 aromatic heterocycles. The second kappa shape index (κ2) is 9.06. The van der Waals surface area contributed by atoms with Gasteiger partial charge in [0.15, 0.2) is 0 Å². The molecular weight excluding hydrogens is 501 g/mol. The van der Waals surface area contributed by atoms with Crippen molar-refractivity contribution in [3.63, 3.8) is 0 Å². The molecule has 2 N–H and O–H groups in total. The van der Waals surface area contributed by atoms with Crippen molar-refractivity contribution in [3.8, 4) is 0 Å². The van der Waals surface area contributed by atoms with Crippen molar-refractivity contribution in [1.29, 1.82) is 0 Å². The van der Waals surface area contributed by atoms with Crippen LogP contribution >= 0.6 is 22.6 Å². The summed E-state index contributed by atoms with van der Waals surface area (Å²) in [6, 6.07) is 6.89. The quantitative estimate of drug-likeness (QED) is 0.272. The summed E-state index contributed by atoms with van der Waals surface area (Å²) in [4.78, 5) is 10.9. The van der Waals surface area contributed by atoms with Crippen LogP contribution in [-0.2, 0) is 14.8 Å². The summed E-state index contributed by atoms with van der Waals surface area (Å²) in [6.07, 6.45) is 8.61. The number of rotatable bonds is 9. The van der Waals surface area contributed by atoms with E-state index in [1.807, 2.05) is 18.2 Å². The third-order valence-corrected chi connectivity index (χ3v) is 9.11. The number of carboxylic acids is 1. The summed E-state index contributed by atoms with van der Waals surface area (Å²) >= 11 is 2.17. The van der Waals surface area contributed by atoms with Crippen LogP contribution in [0.5, 0.6) is 0 Å². The Balaban J connectivity index is 1.68. The number of halogens is 1. The first-order valence-corrected chi connectivity index (χ1v) is 12.8. The topological polar surface area (TPSA) is 83.5 Å². The molecule has 1 aromatic carbocycles. The number of nitrogens with one attached hydrogen (secondary N) is 1. The average Bonchev–Trinajstić information content (AvgIpc) is 2.64. The zero-order valence-electron chi connectivity index (χ0n) is 17.0. The molecule has 1 aromatic rings. The maximum absolute atomic E-state index is 12.9. The monoisotopic (exact) mass is 531 g/mol. The van der Waals surface area contributed by atoms with E-state index < -0.39 is 16.0 Å². The SMILES string of the molecule is CC1(C)[C@@H]2C[C@H](NS(=O)(=O)c3ccc(I)cc3)[C@@H](C/C=C\CCCC(=O)O)[C@H]1C2. The number of sulfonamides is 1. The van der Waals surface area contributed by atoms with Crippen LogP contribution in [0.1, 0.15) is 52.4 Å². The maximum Gasteiger partial charge on any atom is 0.303 e. The molecule has 7 heteroatoms. The summed E-state index contributed by atoms with van der Waals surface area (Å²) in [5, 5.41) is 8.73. The van der Waals surface area contributed by atoms with Crippen molar-refractivity contribution in [3.05, 3.63) is 40.0 Å². The molecule has 0 heterocycles. The third-order valence-electron chi connectivity index (χ3n) is 6.89. The first-order valence-electron chi connectivity index (χ1n) is 10.3. The number of hydrogen-bond donors (Lipinski definition) is 2. The largest absolute Gasteiger partial charge is 0.481 e. The molecule has 29 heavy (non-hydrogen) atoms. The fraction of sp³-hybridized carbons (Fsp3) is 0.591. The van der Waals surface area contributed by atoms with Crippen LogP contribution in [-0.4, -0.2) is 25.5 Å². The molecule has 3 fully saturated rings. The number of allylic oxidation sites excluding steroid dienone is 2. The molecule has 0 amide bonds. The number of aliphatic carboxylic acids is 1. The summed E-state index contributed by atoms with van der Waals surface area (Å²) in [5.41, 5.74) is 0.257. The first-order chi connectivity index (χ1) is 13.6. The van der Waals surface area contributed by atoms with Gasteiger partial charge >= 0.3 is 5.97 Å². The molecule has 2 bridgehead atoms. The van der Waals surface area contributed by atoms with Gasteiger partial charge in [-0.3, -0.25) is 4.79 Å². The fourth-order valence-electron chi connectivity index (χ4n) is 5.03. The van der Waals surface area contributed by atoms with Gasteiger partial charge in [0.25, 0.3) is 0 Å². The van der Waals surface area contributed by atoms with E-state index in [2.05, 4.69) is 47.2 Å². The highest BCUT2D eigenvalue weighted by atomic mass is 127. The Labute approximate surface area is 187 Å². The maximum atomic E-state index is 12.9. The summed E-state index contributed by atoms with van der Waals surface area (Å²) in [7, 11) is -3.54. The number of benzene rings is 1. The second-order valence-electron chi connectivity index (χ2n) is 8.93. The van der Waals surface area contributed by atoms with E-state index in [0.717, 1.165) is 22.8 Å². The van der Waals surface area contributed by atoms with Gasteiger partial charge in [0.05, 0.1) is 4.90 Å². The molecule has 160 valence electrons. The van der Waals surface area contributed by atoms with Gasteiger partial charge in [0, 0.05) is 16.0 Å². The van der Waals surface area contributed by atoms with Crippen LogP contribution in [0, 0.1) is 26.7 Å². The van der Waals surface area contributed by atoms with Crippen LogP contribution in [0.2, 0.25) is 0 Å². The van der Waals surface area contributed by atoms with Crippen LogP contribution in [0.25, 0.3) is 0 Å². The summed E-state index contributed by atoms with van der Waals surface area (Å²) < 4.78 is 29.9. The lowest BCUT2D eigenvalue weighted by atomic mass is 9.44. The van der Waals surface area contributed by atoms with Gasteiger partial charge in [-0.25, -0.2) is 13.1 Å². The Hall–Kier alpha value is -0.930. The van der Waals surface area contributed by atoms with E-state index in [1.165, 1.54) is 6.42 Å². The van der Waals surface area contributed by atoms with Crippen LogP contribution < -0.4 is 4.72 Å². The van der Waals surface area contributed by atoms with E-state index in [4.69, 9.17) is 5.11 Å². The fourth-order valence-corrected chi connectivity index (χ4v) is 6.69. The van der Waals surface area contributed by atoms with Crippen molar-refractivity contribution in [2.45, 2.75) is 63.3 Å². The number of fused-ring (bicyclic) bond motifs is 2. The van der Waals surface area contributed by atoms with Gasteiger partial charge in [0.2, 0.25) is 10.0 Å². The lowest BCUT2D eigenvalue weighted by Crippen LogP contribution is -2.61. The van der Waals surface area contributed by atoms with Gasteiger partial charge in [-0.2, -0.15) is 0 Å². The summed E-state index contributed by atoms with van der Waals surface area (Å²) in [6.45, 7) is 4.61. The third kappa shape index (κ3) is 5.22. The zero-order chi connectivity index (χ0) is 21.2. The normalized spacial score (nSPS) is 28.2. The molecule has 0 aliphatic heterocycles. The van der Waals surface area contributed by atoms with E-state index >= 15 is 0 Å². The smallest absolute Gasteiger partial charge is 0.303 e. The molecule has 4 atom stereocenters. The minimum Gasteiger partial charge on any atom is -0.481 e. The predicted octanol–water partition coefficient (Wildman–Crippen LogP) is 4.82. The number of carbonyl (C=O) groups is 1. The first kappa shape index (κ1) is 22.7. The van der Waals surface area contributed by atoms with Crippen molar-refractivity contribution in [2.75, 3.05) is 0 Å². The van der Waals surface area contributed by atoms with Crippen molar-refractivity contribution in [1.82, 2.24) is 4.72 Å². The molecule has 4 rings (SSSR count). The van der Waals surface area contributed by atoms with Gasteiger partial charge in [0.1, 0.15) is 0 Å². The molecule has 0 saturated heterocycles. The number of carboxylic acid groups (broad SMARTS) is 1. The molecule has 0 radical (unpaired) electrons. The molecule has 0 unspecified atom stereocenters. The predicted molar refractivity (Wildman–Crippen MR) is 122 cm³/mol. The van der Waals surface area contributed by atoms with Crippen LogP contribution in [0.3, 0.4) is 0 Å². The Bertz CT molecular complexity index is 863. The van der Waals surface area contributed by atoms with Crippen molar-refractivity contribution < 1.29 is 18.3 Å². The van der Waals surface area contributed by atoms with Crippen LogP contribution in [0.15, 0.2) is 41.3 Å². The van der Waals surface area contributed by atoms with Gasteiger partial charge in [-0.1, -0.05) is 26.0 Å². The molecule has 3 saturated carbocycles. The Morgan fingerprint density at radius 2 is 1.93 bits per heavy atom. The van der Waals surface area contributed by atoms with Crippen LogP contribution in [0.4, 0.5) is 0 Å². The Kier molecular flexibility index (Phi) is 7.10. The standard InChI is InChI=1S/C22H30INO4S/c1-22(2)15-13-19(22)18(7-5-3-4-6-8-21(25)26)20(14-15)24-29(27,28)17-11-9-16(23)10-12-17/h3,5,9-12,15,18-20,24H,4,6-8,13-14H2,1-2H3,(H,25,26)/b5-3-/t15-,18-,19+,20-/m0/s1. The van der Waals surface area contributed by atoms with Gasteiger partial charge < -0.3 is 5.11 Å². The molecule has 5 nitrogen and oxygen atoms in total. The molecule has 3 aliphatic rings. The van der Waals surface area contributed by atoms with E-state index in [1.54, 1.807) is 12.1 Å². The van der Waals surface area contributed by atoms with Crippen molar-refractivity contribution >= 4 is 38.6 Å². The van der Waals surface area contributed by atoms with Crippen molar-refractivity contribution in [2.24, 2.45) is 23.2 Å². The molecule has 0 spiro atoms. The van der Waals surface area contributed by atoms with Gasteiger partial charge in [-0.15, -0.1) is 0 Å². The number of hydrogen-bond acceptors (Lipinski definition) is 3. The molecule has 3 aliphatic carbocycles. The highest BCUT2D eigenvalue weighted by molar-refractivity contribution is 14.1. The Morgan fingerprint density at radius 1 is 1.24 bits per heavy atom. The van der Waals surface area contributed by atoms with E-state index in [-0.39, 0.29) is 23.8 Å². The zero-order valence-corrected chi connectivity index (χ0v) is 19.9. The lowest BCUT2D eigenvalue weighted by Gasteiger charge is -2.62.